The predicted molar refractivity (Wildman–Crippen MR) is 137 cm³/mol. The Morgan fingerprint density at radius 3 is 2.51 bits per heavy atom. The van der Waals surface area contributed by atoms with Gasteiger partial charge in [0.2, 0.25) is 21.7 Å². The van der Waals surface area contributed by atoms with Gasteiger partial charge in [0.15, 0.2) is 0 Å². The fourth-order valence-electron chi connectivity index (χ4n) is 3.77. The molecule has 3 N–H and O–H groups in total. The maximum Gasteiger partial charge on any atom is 0.322 e. The molecule has 10 nitrogen and oxygen atoms in total. The minimum absolute atomic E-state index is 0.0210. The van der Waals surface area contributed by atoms with Gasteiger partial charge in [-0.3, -0.25) is 0 Å². The third-order valence-electron chi connectivity index (χ3n) is 5.51. The molecule has 1 aromatic heterocycles. The van der Waals surface area contributed by atoms with Gasteiger partial charge in [-0.2, -0.15) is 10.2 Å². The highest BCUT2D eigenvalue weighted by atomic mass is 32.2. The SMILES string of the molecule is Cc1nc(-c2cccc(CN(CCC#N)C(=O)Nc3ccc(-c4ccccc4S(N)(=O)=O)cc3)c2)no1. The summed E-state index contributed by atoms with van der Waals surface area (Å²) in [6.07, 6.45) is 0.167. The van der Waals surface area contributed by atoms with Crippen molar-refractivity contribution in [2.24, 2.45) is 5.14 Å². The Labute approximate surface area is 214 Å². The van der Waals surface area contributed by atoms with E-state index in [0.717, 1.165) is 11.1 Å². The van der Waals surface area contributed by atoms with Crippen molar-refractivity contribution in [2.45, 2.75) is 24.8 Å². The summed E-state index contributed by atoms with van der Waals surface area (Å²) >= 11 is 0. The number of nitrogens with zero attached hydrogens (tertiary/aromatic N) is 4. The number of nitrogens with two attached hydrogens (primary N) is 1. The highest BCUT2D eigenvalue weighted by Crippen LogP contribution is 2.27. The van der Waals surface area contributed by atoms with E-state index in [1.807, 2.05) is 24.3 Å². The summed E-state index contributed by atoms with van der Waals surface area (Å²) < 4.78 is 28.9. The molecule has 3 aromatic carbocycles. The number of amides is 2. The van der Waals surface area contributed by atoms with Gasteiger partial charge in [-0.05, 0) is 35.4 Å². The van der Waals surface area contributed by atoms with E-state index >= 15 is 0 Å². The van der Waals surface area contributed by atoms with Crippen LogP contribution in [-0.4, -0.2) is 36.0 Å². The van der Waals surface area contributed by atoms with Crippen molar-refractivity contribution >= 4 is 21.7 Å². The van der Waals surface area contributed by atoms with Crippen molar-refractivity contribution in [1.29, 1.82) is 5.26 Å². The van der Waals surface area contributed by atoms with Crippen molar-refractivity contribution in [3.05, 3.63) is 84.3 Å². The molecule has 0 aliphatic rings. The second-order valence-corrected chi connectivity index (χ2v) is 9.75. The van der Waals surface area contributed by atoms with Crippen molar-refractivity contribution in [3.63, 3.8) is 0 Å². The van der Waals surface area contributed by atoms with Crippen LogP contribution in [0.4, 0.5) is 10.5 Å². The second kappa shape index (κ2) is 11.0. The van der Waals surface area contributed by atoms with Crippen molar-refractivity contribution in [2.75, 3.05) is 11.9 Å². The lowest BCUT2D eigenvalue weighted by Crippen LogP contribution is -2.35. The van der Waals surface area contributed by atoms with Crippen LogP contribution in [0.15, 0.2) is 82.2 Å². The van der Waals surface area contributed by atoms with Gasteiger partial charge in [0.05, 0.1) is 17.4 Å². The Balaban J connectivity index is 1.51. The summed E-state index contributed by atoms with van der Waals surface area (Å²) in [4.78, 5) is 18.9. The van der Waals surface area contributed by atoms with E-state index in [1.165, 1.54) is 11.0 Å². The number of hydrogen-bond acceptors (Lipinski definition) is 7. The number of nitrogens with one attached hydrogen (secondary N) is 1. The number of aryl methyl sites for hydroxylation is 1. The maximum absolute atomic E-state index is 13.1. The number of anilines is 1. The molecule has 4 rings (SSSR count). The number of sulfonamides is 1. The quantitative estimate of drug-likeness (QED) is 0.353. The number of benzene rings is 3. The number of hydrogen-bond donors (Lipinski definition) is 2. The van der Waals surface area contributed by atoms with Gasteiger partial charge in [-0.1, -0.05) is 53.7 Å². The molecular formula is C26H24N6O4S. The third kappa shape index (κ3) is 6.38. The van der Waals surface area contributed by atoms with Gasteiger partial charge < -0.3 is 14.7 Å². The zero-order valence-corrected chi connectivity index (χ0v) is 20.8. The van der Waals surface area contributed by atoms with Crippen LogP contribution in [0.2, 0.25) is 0 Å². The summed E-state index contributed by atoms with van der Waals surface area (Å²) in [5, 5.41) is 21.2. The molecule has 0 radical (unpaired) electrons. The Kier molecular flexibility index (Phi) is 7.62. The molecule has 0 aliphatic heterocycles. The van der Waals surface area contributed by atoms with Crippen LogP contribution in [0.3, 0.4) is 0 Å². The fraction of sp³-hybridized carbons (Fsp3) is 0.154. The first kappa shape index (κ1) is 25.6. The van der Waals surface area contributed by atoms with Gasteiger partial charge >= 0.3 is 6.03 Å². The normalized spacial score (nSPS) is 11.1. The predicted octanol–water partition coefficient (Wildman–Crippen LogP) is 4.31. The molecule has 37 heavy (non-hydrogen) atoms. The van der Waals surface area contributed by atoms with E-state index in [4.69, 9.17) is 14.9 Å². The molecule has 0 aliphatic carbocycles. The minimum atomic E-state index is -3.90. The molecule has 0 atom stereocenters. The topological polar surface area (TPSA) is 155 Å². The molecule has 0 spiro atoms. The van der Waals surface area contributed by atoms with E-state index in [9.17, 15) is 13.2 Å². The Hall–Kier alpha value is -4.53. The second-order valence-electron chi connectivity index (χ2n) is 8.22. The first-order chi connectivity index (χ1) is 17.7. The minimum Gasteiger partial charge on any atom is -0.339 e. The van der Waals surface area contributed by atoms with Crippen LogP contribution in [-0.2, 0) is 16.6 Å². The average molecular weight is 517 g/mol. The van der Waals surface area contributed by atoms with Crippen molar-refractivity contribution in [1.82, 2.24) is 15.0 Å². The molecule has 0 saturated carbocycles. The molecule has 0 saturated heterocycles. The largest absolute Gasteiger partial charge is 0.339 e. The number of primary sulfonamides is 1. The first-order valence-electron chi connectivity index (χ1n) is 11.3. The molecule has 0 fully saturated rings. The van der Waals surface area contributed by atoms with Crippen LogP contribution >= 0.6 is 0 Å². The molecule has 4 aromatic rings. The summed E-state index contributed by atoms with van der Waals surface area (Å²) in [5.74, 6) is 0.908. The number of rotatable bonds is 8. The molecule has 0 unspecified atom stereocenters. The van der Waals surface area contributed by atoms with E-state index in [-0.39, 0.29) is 30.4 Å². The third-order valence-corrected chi connectivity index (χ3v) is 6.48. The standard InChI is InChI=1S/C26H24N6O4S/c1-18-29-25(31-36-18)21-7-4-6-19(16-21)17-32(15-5-14-27)26(33)30-22-12-10-20(11-13-22)23-8-2-3-9-24(23)37(28,34)35/h2-4,6-13,16H,5,15,17H2,1H3,(H,30,33)(H2,28,34,35). The average Bonchev–Trinajstić information content (AvgIpc) is 3.33. The summed E-state index contributed by atoms with van der Waals surface area (Å²) in [6.45, 7) is 2.20. The van der Waals surface area contributed by atoms with Crippen LogP contribution in [0, 0.1) is 18.3 Å². The first-order valence-corrected chi connectivity index (χ1v) is 12.8. The van der Waals surface area contributed by atoms with Gasteiger partial charge in [-0.15, -0.1) is 0 Å². The van der Waals surface area contributed by atoms with E-state index < -0.39 is 10.0 Å². The van der Waals surface area contributed by atoms with Gasteiger partial charge in [0.25, 0.3) is 0 Å². The monoisotopic (exact) mass is 516 g/mol. The highest BCUT2D eigenvalue weighted by Gasteiger charge is 2.17. The van der Waals surface area contributed by atoms with E-state index in [1.54, 1.807) is 49.4 Å². The van der Waals surface area contributed by atoms with Crippen LogP contribution in [0.1, 0.15) is 17.9 Å². The molecule has 11 heteroatoms. The number of aromatic nitrogens is 2. The van der Waals surface area contributed by atoms with Gasteiger partial charge in [0.1, 0.15) is 0 Å². The van der Waals surface area contributed by atoms with Crippen molar-refractivity contribution in [3.8, 4) is 28.6 Å². The number of nitriles is 1. The number of urea groups is 1. The van der Waals surface area contributed by atoms with E-state index in [0.29, 0.717) is 28.5 Å². The van der Waals surface area contributed by atoms with Crippen LogP contribution < -0.4 is 10.5 Å². The maximum atomic E-state index is 13.1. The highest BCUT2D eigenvalue weighted by molar-refractivity contribution is 7.89. The van der Waals surface area contributed by atoms with Gasteiger partial charge in [-0.25, -0.2) is 18.4 Å². The van der Waals surface area contributed by atoms with Crippen LogP contribution in [0.25, 0.3) is 22.5 Å². The Morgan fingerprint density at radius 2 is 1.84 bits per heavy atom. The van der Waals surface area contributed by atoms with Gasteiger partial charge in [0, 0.05) is 36.8 Å². The molecular weight excluding hydrogens is 492 g/mol. The lowest BCUT2D eigenvalue weighted by Gasteiger charge is -2.22. The molecule has 0 bridgehead atoms. The Morgan fingerprint density at radius 1 is 1.08 bits per heavy atom. The fourth-order valence-corrected chi connectivity index (χ4v) is 4.53. The lowest BCUT2D eigenvalue weighted by molar-refractivity contribution is 0.210. The smallest absolute Gasteiger partial charge is 0.322 e. The summed E-state index contributed by atoms with van der Waals surface area (Å²) in [7, 11) is -3.90. The lowest BCUT2D eigenvalue weighted by atomic mass is 10.1. The molecule has 188 valence electrons. The number of carbonyl (C=O) groups excluding carboxylic acids is 1. The number of carbonyl (C=O) groups is 1. The Bertz CT molecular complexity index is 1560. The zero-order chi connectivity index (χ0) is 26.4. The molecule has 2 amide bonds. The summed E-state index contributed by atoms with van der Waals surface area (Å²) in [6, 6.07) is 22.3. The van der Waals surface area contributed by atoms with Crippen molar-refractivity contribution < 1.29 is 17.7 Å². The zero-order valence-electron chi connectivity index (χ0n) is 20.0. The van der Waals surface area contributed by atoms with E-state index in [2.05, 4.69) is 21.5 Å². The van der Waals surface area contributed by atoms with Crippen LogP contribution in [0.5, 0.6) is 0 Å². The summed E-state index contributed by atoms with van der Waals surface area (Å²) in [5.41, 5.74) is 3.21. The molecule has 1 heterocycles.